The van der Waals surface area contributed by atoms with E-state index in [4.69, 9.17) is 11.3 Å². The van der Waals surface area contributed by atoms with Crippen LogP contribution in [0.2, 0.25) is 0 Å². The van der Waals surface area contributed by atoms with Crippen molar-refractivity contribution in [3.8, 4) is 0 Å². The van der Waals surface area contributed by atoms with E-state index in [-0.39, 0.29) is 5.97 Å². The van der Waals surface area contributed by atoms with Gasteiger partial charge in [0.15, 0.2) is 0 Å². The van der Waals surface area contributed by atoms with Gasteiger partial charge in [0, 0.05) is 0 Å². The Kier molecular flexibility index (Phi) is 8.54. The molecule has 0 aliphatic rings. The van der Waals surface area contributed by atoms with Crippen molar-refractivity contribution in [1.82, 2.24) is 0 Å². The number of halogens is 1. The zero-order chi connectivity index (χ0) is 11.7. The first kappa shape index (κ1) is 14.5. The molecule has 1 rings (SSSR count). The van der Waals surface area contributed by atoms with Crippen LogP contribution in [0.4, 0.5) is 0 Å². The number of benzene rings is 1. The summed E-state index contributed by atoms with van der Waals surface area (Å²) in [4.78, 5) is 11.3. The Hall–Kier alpha value is -0.467. The topological polar surface area (TPSA) is 26.3 Å². The molecule has 0 unspecified atom stereocenters. The summed E-state index contributed by atoms with van der Waals surface area (Å²) >= 11 is 4.25. The molecule has 0 spiro atoms. The van der Waals surface area contributed by atoms with Crippen LogP contribution in [-0.4, -0.2) is 12.6 Å². The summed E-state index contributed by atoms with van der Waals surface area (Å²) in [5.74, 6) is -0.334. The zero-order valence-corrected chi connectivity index (χ0v) is 13.1. The van der Waals surface area contributed by atoms with Gasteiger partial charge in [-0.15, -0.1) is 6.07 Å². The van der Waals surface area contributed by atoms with Gasteiger partial charge in [0.1, 0.15) is 0 Å². The van der Waals surface area contributed by atoms with Gasteiger partial charge in [0.2, 0.25) is 0 Å². The maximum atomic E-state index is 11.3. The Bertz CT molecular complexity index is 326. The van der Waals surface area contributed by atoms with Crippen molar-refractivity contribution in [2.75, 3.05) is 6.61 Å². The molecule has 2 nitrogen and oxygen atoms in total. The summed E-state index contributed by atoms with van der Waals surface area (Å²) in [7, 11) is 0. The first-order valence-corrected chi connectivity index (χ1v) is 11.3. The summed E-state index contributed by atoms with van der Waals surface area (Å²) in [5, 5.41) is 0. The van der Waals surface area contributed by atoms with Crippen LogP contribution in [0.3, 0.4) is 0 Å². The Morgan fingerprint density at radius 1 is 1.53 bits per heavy atom. The third-order valence-corrected chi connectivity index (χ3v) is 1.64. The molecule has 0 aliphatic heterocycles. The van der Waals surface area contributed by atoms with E-state index in [1.165, 1.54) is 22.4 Å². The fourth-order valence-electron chi connectivity index (χ4n) is 1.04. The summed E-state index contributed by atoms with van der Waals surface area (Å²) in [6.07, 6.45) is 1.40. The normalized spacial score (nSPS) is 8.53. The molecule has 4 heteroatoms. The van der Waals surface area contributed by atoms with Gasteiger partial charge in [0.25, 0.3) is 0 Å². The first-order chi connectivity index (χ1) is 7.29. The van der Waals surface area contributed by atoms with E-state index in [2.05, 4.69) is 13.6 Å². The summed E-state index contributed by atoms with van der Waals surface area (Å²) < 4.78 is 4.86. The molecule has 15 heavy (non-hydrogen) atoms. The van der Waals surface area contributed by atoms with Crippen LogP contribution in [0.1, 0.15) is 22.8 Å². The molecule has 0 N–H and O–H groups in total. The molecule has 0 bridgehead atoms. The van der Waals surface area contributed by atoms with Crippen molar-refractivity contribution < 1.29 is 25.9 Å². The zero-order valence-electron chi connectivity index (χ0n) is 8.57. The third-order valence-electron chi connectivity index (χ3n) is 1.64. The van der Waals surface area contributed by atoms with Crippen LogP contribution >= 0.6 is 13.6 Å². The van der Waals surface area contributed by atoms with Gasteiger partial charge in [-0.2, -0.15) is 5.56 Å². The van der Waals surface area contributed by atoms with E-state index >= 15 is 0 Å². The van der Waals surface area contributed by atoms with Crippen molar-refractivity contribution in [2.45, 2.75) is 6.92 Å². The maximum absolute atomic E-state index is 11.3. The number of hydrogen-bond donors (Lipinski definition) is 0. The Balaban J connectivity index is 0.000000921. The number of carbonyl (C=O) groups excluding carboxylic acids is 1. The molecular formula is C11H11BrO2Zn. The SMILES string of the molecule is [CH-]=Cc1ccccc1C(=O)OCC.[Zn+][Br]. The molecule has 0 aromatic heterocycles. The standard InChI is InChI=1S/C11H11O2.BrH.Zn/c1-3-9-7-5-6-8-10(9)11(12)13-4-2;;/h1,3,5-8H,4H2,2H3;1H;/q-1;;+2/p-1. The van der Waals surface area contributed by atoms with Crippen LogP contribution in [0.15, 0.2) is 24.3 Å². The predicted molar refractivity (Wildman–Crippen MR) is 60.1 cm³/mol. The fraction of sp³-hybridized carbons (Fsp3) is 0.182. The van der Waals surface area contributed by atoms with Gasteiger partial charge < -0.3 is 4.74 Å². The van der Waals surface area contributed by atoms with Crippen molar-refractivity contribution in [3.05, 3.63) is 42.0 Å². The average Bonchev–Trinajstić information content (AvgIpc) is 2.32. The molecule has 0 aliphatic carbocycles. The molecule has 0 heterocycles. The molecule has 1 aromatic carbocycles. The van der Waals surface area contributed by atoms with Gasteiger partial charge in [-0.3, -0.25) is 6.58 Å². The number of rotatable bonds is 3. The molecule has 0 radical (unpaired) electrons. The van der Waals surface area contributed by atoms with Crippen LogP contribution < -0.4 is 0 Å². The number of carbonyl (C=O) groups is 1. The van der Waals surface area contributed by atoms with Crippen molar-refractivity contribution in [3.63, 3.8) is 0 Å². The number of ether oxygens (including phenoxy) is 1. The van der Waals surface area contributed by atoms with Gasteiger partial charge in [-0.1, -0.05) is 18.2 Å². The second-order valence-electron chi connectivity index (χ2n) is 2.47. The Morgan fingerprint density at radius 3 is 2.67 bits per heavy atom. The quantitative estimate of drug-likeness (QED) is 0.486. The number of esters is 1. The van der Waals surface area contributed by atoms with Gasteiger partial charge in [-0.25, -0.2) is 10.9 Å². The second kappa shape index (κ2) is 8.81. The van der Waals surface area contributed by atoms with E-state index in [1.807, 2.05) is 6.07 Å². The monoisotopic (exact) mass is 318 g/mol. The molecule has 0 saturated heterocycles. The van der Waals surface area contributed by atoms with Crippen molar-refractivity contribution in [1.29, 1.82) is 0 Å². The molecule has 0 atom stereocenters. The summed E-state index contributed by atoms with van der Waals surface area (Å²) in [6.45, 7) is 7.50. The van der Waals surface area contributed by atoms with Gasteiger partial charge >= 0.3 is 35.9 Å². The summed E-state index contributed by atoms with van der Waals surface area (Å²) in [6, 6.07) is 7.06. The first-order valence-electron chi connectivity index (χ1n) is 4.37. The van der Waals surface area contributed by atoms with Crippen molar-refractivity contribution in [2.24, 2.45) is 0 Å². The average molecular weight is 321 g/mol. The number of hydrogen-bond acceptors (Lipinski definition) is 2. The van der Waals surface area contributed by atoms with Crippen LogP contribution in [-0.2, 0) is 21.1 Å². The minimum absolute atomic E-state index is 0.334. The molecule has 76 valence electrons. The molecule has 0 amide bonds. The van der Waals surface area contributed by atoms with Crippen LogP contribution in [0.5, 0.6) is 0 Å². The van der Waals surface area contributed by atoms with E-state index in [1.54, 1.807) is 25.1 Å². The van der Waals surface area contributed by atoms with Gasteiger partial charge in [0.05, 0.1) is 6.61 Å². The minimum atomic E-state index is -0.334. The second-order valence-corrected chi connectivity index (χ2v) is 2.47. The molecule has 1 aromatic rings. The van der Waals surface area contributed by atoms with Crippen molar-refractivity contribution >= 4 is 25.7 Å². The van der Waals surface area contributed by atoms with Crippen LogP contribution in [0.25, 0.3) is 6.08 Å². The van der Waals surface area contributed by atoms with E-state index in [9.17, 15) is 4.79 Å². The van der Waals surface area contributed by atoms with E-state index in [0.29, 0.717) is 17.7 Å². The Morgan fingerprint density at radius 2 is 2.13 bits per heavy atom. The third kappa shape index (κ3) is 4.72. The predicted octanol–water partition coefficient (Wildman–Crippen LogP) is 3.15. The fourth-order valence-corrected chi connectivity index (χ4v) is 1.04. The summed E-state index contributed by atoms with van der Waals surface area (Å²) in [5.41, 5.74) is 1.20. The Labute approximate surface area is 107 Å². The molecule has 0 fully saturated rings. The van der Waals surface area contributed by atoms with E-state index in [0.717, 1.165) is 0 Å². The van der Waals surface area contributed by atoms with E-state index < -0.39 is 0 Å². The van der Waals surface area contributed by atoms with Gasteiger partial charge in [-0.05, 0) is 12.5 Å². The molecular weight excluding hydrogens is 309 g/mol. The molecule has 0 saturated carbocycles. The van der Waals surface area contributed by atoms with Crippen LogP contribution in [0, 0.1) is 6.58 Å².